The van der Waals surface area contributed by atoms with Gasteiger partial charge in [-0.1, -0.05) is 0 Å². The Kier molecular flexibility index (Phi) is 9.93. The van der Waals surface area contributed by atoms with Crippen LogP contribution >= 0.6 is 0 Å². The Morgan fingerprint density at radius 1 is 0.971 bits per heavy atom. The third kappa shape index (κ3) is 7.84. The molecule has 1 aromatic carbocycles. The molecule has 2 atom stereocenters. The van der Waals surface area contributed by atoms with Crippen molar-refractivity contribution in [1.29, 1.82) is 0 Å². The predicted molar refractivity (Wildman–Crippen MR) is 119 cm³/mol. The fourth-order valence-electron chi connectivity index (χ4n) is 2.63. The van der Waals surface area contributed by atoms with Crippen LogP contribution in [-0.2, 0) is 19.1 Å². The second kappa shape index (κ2) is 12.9. The molecule has 0 aliphatic heterocycles. The Labute approximate surface area is 197 Å². The highest BCUT2D eigenvalue weighted by atomic mass is 16.7. The minimum Gasteiger partial charge on any atom is -0.497 e. The molecule has 1 N–H and O–H groups in total. The van der Waals surface area contributed by atoms with E-state index in [9.17, 15) is 14.4 Å². The molecule has 0 bridgehead atoms. The molecular formula is C23H28N2O9. The highest BCUT2D eigenvalue weighted by Crippen LogP contribution is 2.29. The van der Waals surface area contributed by atoms with Gasteiger partial charge >= 0.3 is 11.9 Å². The van der Waals surface area contributed by atoms with Gasteiger partial charge in [-0.05, 0) is 38.1 Å². The summed E-state index contributed by atoms with van der Waals surface area (Å²) in [5, 5.41) is 2.50. The molecule has 2 aromatic rings. The number of rotatable bonds is 12. The maximum Gasteiger partial charge on any atom is 0.328 e. The van der Waals surface area contributed by atoms with Crippen molar-refractivity contribution in [3.05, 3.63) is 42.2 Å². The van der Waals surface area contributed by atoms with Crippen LogP contribution in [0.25, 0.3) is 0 Å². The minimum atomic E-state index is -0.991. The van der Waals surface area contributed by atoms with Crippen LogP contribution in [-0.4, -0.2) is 62.6 Å². The molecule has 1 amide bonds. The van der Waals surface area contributed by atoms with Gasteiger partial charge in [-0.3, -0.25) is 9.59 Å². The third-order valence-electron chi connectivity index (χ3n) is 4.33. The number of amides is 1. The summed E-state index contributed by atoms with van der Waals surface area (Å²) in [7, 11) is 2.95. The summed E-state index contributed by atoms with van der Waals surface area (Å²) < 4.78 is 31.3. The number of pyridine rings is 1. The zero-order valence-corrected chi connectivity index (χ0v) is 19.7. The fraction of sp³-hybridized carbons (Fsp3) is 0.391. The molecule has 1 heterocycles. The number of ether oxygens (including phenoxy) is 6. The monoisotopic (exact) mass is 476 g/mol. The first-order chi connectivity index (χ1) is 16.2. The number of carbonyl (C=O) groups excluding carboxylic acids is 3. The van der Waals surface area contributed by atoms with Gasteiger partial charge in [0.2, 0.25) is 6.79 Å². The van der Waals surface area contributed by atoms with Crippen molar-refractivity contribution < 1.29 is 42.8 Å². The molecule has 0 saturated carbocycles. The van der Waals surface area contributed by atoms with Crippen molar-refractivity contribution in [3.63, 3.8) is 0 Å². The highest BCUT2D eigenvalue weighted by Gasteiger charge is 2.24. The first kappa shape index (κ1) is 26.2. The average Bonchev–Trinajstić information content (AvgIpc) is 2.82. The number of hydrogen-bond acceptors (Lipinski definition) is 10. The van der Waals surface area contributed by atoms with Crippen LogP contribution in [0.3, 0.4) is 0 Å². The number of carbonyl (C=O) groups is 3. The maximum atomic E-state index is 12.7. The van der Waals surface area contributed by atoms with E-state index in [1.165, 1.54) is 33.2 Å². The van der Waals surface area contributed by atoms with Gasteiger partial charge in [0.1, 0.15) is 30.3 Å². The quantitative estimate of drug-likeness (QED) is 0.359. The number of hydrogen-bond donors (Lipinski definition) is 1. The van der Waals surface area contributed by atoms with Crippen molar-refractivity contribution in [2.45, 2.75) is 32.9 Å². The molecule has 11 nitrogen and oxygen atoms in total. The smallest absolute Gasteiger partial charge is 0.328 e. The van der Waals surface area contributed by atoms with Gasteiger partial charge in [-0.25, -0.2) is 9.78 Å². The molecule has 0 radical (unpaired) electrons. The van der Waals surface area contributed by atoms with Gasteiger partial charge in [0.05, 0.1) is 14.2 Å². The van der Waals surface area contributed by atoms with Gasteiger partial charge in [0.25, 0.3) is 5.91 Å². The lowest BCUT2D eigenvalue weighted by Crippen LogP contribution is -2.41. The van der Waals surface area contributed by atoms with Gasteiger partial charge < -0.3 is 33.7 Å². The average molecular weight is 476 g/mol. The van der Waals surface area contributed by atoms with Crippen molar-refractivity contribution in [2.24, 2.45) is 0 Å². The van der Waals surface area contributed by atoms with Crippen LogP contribution in [0.15, 0.2) is 36.5 Å². The molecule has 2 rings (SSSR count). The Morgan fingerprint density at radius 3 is 2.26 bits per heavy atom. The second-order valence-corrected chi connectivity index (χ2v) is 7.02. The van der Waals surface area contributed by atoms with E-state index in [0.29, 0.717) is 11.5 Å². The zero-order chi connectivity index (χ0) is 25.1. The number of nitrogens with zero attached hydrogens (tertiary/aromatic N) is 1. The van der Waals surface area contributed by atoms with Crippen LogP contribution < -0.4 is 24.3 Å². The summed E-state index contributed by atoms with van der Waals surface area (Å²) in [6.45, 7) is 3.96. The summed E-state index contributed by atoms with van der Waals surface area (Å²) in [6.07, 6.45) is 0.912. The summed E-state index contributed by atoms with van der Waals surface area (Å²) in [5.41, 5.74) is -0.151. The first-order valence-corrected chi connectivity index (χ1v) is 10.3. The molecule has 0 aliphatic carbocycles. The Hall–Kier alpha value is -4.02. The lowest BCUT2D eigenvalue weighted by atomic mass is 10.2. The van der Waals surface area contributed by atoms with Crippen molar-refractivity contribution in [1.82, 2.24) is 10.3 Å². The SMILES string of the molecule is COc1ccc(O[C@@H](C)COC(=O)[C@H](C)NC(=O)c2nccc(OC)c2OCOC(C)=O)cc1. The largest absolute Gasteiger partial charge is 0.497 e. The van der Waals surface area contributed by atoms with E-state index in [2.05, 4.69) is 10.3 Å². The number of nitrogens with one attached hydrogen (secondary N) is 1. The highest BCUT2D eigenvalue weighted by molar-refractivity contribution is 5.98. The van der Waals surface area contributed by atoms with Gasteiger partial charge in [-0.2, -0.15) is 0 Å². The molecule has 0 fully saturated rings. The predicted octanol–water partition coefficient (Wildman–Crippen LogP) is 2.13. The topological polar surface area (TPSA) is 132 Å². The number of methoxy groups -OCH3 is 2. The number of benzene rings is 1. The van der Waals surface area contributed by atoms with Gasteiger partial charge in [-0.15, -0.1) is 0 Å². The van der Waals surface area contributed by atoms with Gasteiger partial charge in [0, 0.05) is 19.2 Å². The van der Waals surface area contributed by atoms with Crippen molar-refractivity contribution in [2.75, 3.05) is 27.6 Å². The molecule has 184 valence electrons. The van der Waals surface area contributed by atoms with Crippen molar-refractivity contribution >= 4 is 17.8 Å². The normalized spacial score (nSPS) is 12.0. The van der Waals surface area contributed by atoms with Crippen LogP contribution in [0.1, 0.15) is 31.3 Å². The van der Waals surface area contributed by atoms with Crippen LogP contribution in [0, 0.1) is 0 Å². The number of esters is 2. The van der Waals surface area contributed by atoms with E-state index in [0.717, 1.165) is 0 Å². The standard InChI is InChI=1S/C23H28N2O9/c1-14(34-18-8-6-17(29-4)7-9-18)12-31-23(28)15(2)25-22(27)20-21(33-13-32-16(3)26)19(30-5)10-11-24-20/h6-11,14-15H,12-13H2,1-5H3,(H,25,27)/t14-,15-/m0/s1. The van der Waals surface area contributed by atoms with E-state index in [-0.39, 0.29) is 23.8 Å². The minimum absolute atomic E-state index is 0.0285. The molecular weight excluding hydrogens is 448 g/mol. The first-order valence-electron chi connectivity index (χ1n) is 10.3. The summed E-state index contributed by atoms with van der Waals surface area (Å²) in [5.74, 6) is -0.474. The molecule has 0 aliphatic rings. The summed E-state index contributed by atoms with van der Waals surface area (Å²) in [6, 6.07) is 7.46. The lowest BCUT2D eigenvalue weighted by molar-refractivity contribution is -0.148. The van der Waals surface area contributed by atoms with E-state index in [1.54, 1.807) is 38.3 Å². The molecule has 0 unspecified atom stereocenters. The lowest BCUT2D eigenvalue weighted by Gasteiger charge is -2.18. The number of aromatic nitrogens is 1. The van der Waals surface area contributed by atoms with Crippen LogP contribution in [0.2, 0.25) is 0 Å². The van der Waals surface area contributed by atoms with Crippen molar-refractivity contribution in [3.8, 4) is 23.0 Å². The Morgan fingerprint density at radius 2 is 1.65 bits per heavy atom. The summed E-state index contributed by atoms with van der Waals surface area (Å²) in [4.78, 5) is 40.0. The molecule has 0 spiro atoms. The molecule has 11 heteroatoms. The summed E-state index contributed by atoms with van der Waals surface area (Å²) >= 11 is 0. The van der Waals surface area contributed by atoms with Crippen LogP contribution in [0.4, 0.5) is 0 Å². The Balaban J connectivity index is 1.92. The van der Waals surface area contributed by atoms with E-state index < -0.39 is 36.8 Å². The Bertz CT molecular complexity index is 979. The molecule has 34 heavy (non-hydrogen) atoms. The van der Waals surface area contributed by atoms with E-state index >= 15 is 0 Å². The maximum absolute atomic E-state index is 12.7. The second-order valence-electron chi connectivity index (χ2n) is 7.02. The zero-order valence-electron chi connectivity index (χ0n) is 19.7. The third-order valence-corrected chi connectivity index (χ3v) is 4.33. The van der Waals surface area contributed by atoms with E-state index in [1.807, 2.05) is 0 Å². The molecule has 0 saturated heterocycles. The van der Waals surface area contributed by atoms with Gasteiger partial charge in [0.15, 0.2) is 17.2 Å². The van der Waals surface area contributed by atoms with E-state index in [4.69, 9.17) is 28.4 Å². The fourth-order valence-corrected chi connectivity index (χ4v) is 2.63. The van der Waals surface area contributed by atoms with Crippen LogP contribution in [0.5, 0.6) is 23.0 Å². The molecule has 1 aromatic heterocycles.